The zero-order chi connectivity index (χ0) is 12.4. The predicted molar refractivity (Wildman–Crippen MR) is 63.3 cm³/mol. The number of aromatic nitrogens is 2. The number of rotatable bonds is 3. The molecule has 0 aliphatic rings. The van der Waals surface area contributed by atoms with E-state index in [0.29, 0.717) is 23.5 Å². The van der Waals surface area contributed by atoms with Crippen LogP contribution in [-0.4, -0.2) is 15.6 Å². The van der Waals surface area contributed by atoms with E-state index in [4.69, 9.17) is 0 Å². The number of Topliss-reactive ketones (excluding diaryl/α,β-unsaturated/α-hetero) is 1. The highest BCUT2D eigenvalue weighted by atomic mass is 19.1. The molecule has 0 saturated heterocycles. The van der Waals surface area contributed by atoms with Gasteiger partial charge in [-0.25, -0.2) is 4.39 Å². The zero-order valence-corrected chi connectivity index (χ0v) is 9.77. The summed E-state index contributed by atoms with van der Waals surface area (Å²) in [5, 5.41) is 4.15. The largest absolute Gasteiger partial charge is 0.293 e. The van der Waals surface area contributed by atoms with Crippen molar-refractivity contribution in [2.24, 2.45) is 0 Å². The average molecular weight is 232 g/mol. The van der Waals surface area contributed by atoms with Crippen molar-refractivity contribution in [2.45, 2.75) is 20.4 Å². The number of ketones is 1. The molecule has 0 amide bonds. The van der Waals surface area contributed by atoms with Crippen LogP contribution in [0.4, 0.5) is 4.39 Å². The minimum Gasteiger partial charge on any atom is -0.293 e. The smallest absolute Gasteiger partial charge is 0.180 e. The molecular formula is C13H13FN2O. The van der Waals surface area contributed by atoms with Crippen LogP contribution in [-0.2, 0) is 6.54 Å². The zero-order valence-electron chi connectivity index (χ0n) is 9.77. The summed E-state index contributed by atoms with van der Waals surface area (Å²) < 4.78 is 15.3. The second-order valence-corrected chi connectivity index (χ2v) is 3.77. The molecule has 0 saturated carbocycles. The van der Waals surface area contributed by atoms with E-state index in [1.54, 1.807) is 28.9 Å². The molecule has 0 N–H and O–H groups in total. The van der Waals surface area contributed by atoms with E-state index in [1.807, 2.05) is 6.92 Å². The molecule has 17 heavy (non-hydrogen) atoms. The van der Waals surface area contributed by atoms with Crippen LogP contribution in [0.25, 0.3) is 11.3 Å². The quantitative estimate of drug-likeness (QED) is 0.762. The fraction of sp³-hybridized carbons (Fsp3) is 0.231. The van der Waals surface area contributed by atoms with Gasteiger partial charge < -0.3 is 0 Å². The monoisotopic (exact) mass is 232 g/mol. The van der Waals surface area contributed by atoms with Crippen LogP contribution in [0.2, 0.25) is 0 Å². The molecule has 0 spiro atoms. The van der Waals surface area contributed by atoms with E-state index in [-0.39, 0.29) is 11.6 Å². The lowest BCUT2D eigenvalue weighted by Gasteiger charge is -2.04. The molecule has 0 fully saturated rings. The van der Waals surface area contributed by atoms with Gasteiger partial charge in [-0.1, -0.05) is 12.1 Å². The van der Waals surface area contributed by atoms with Gasteiger partial charge in [-0.05, 0) is 25.1 Å². The molecule has 0 aliphatic heterocycles. The Morgan fingerprint density at radius 2 is 2.12 bits per heavy atom. The Hall–Kier alpha value is -1.97. The van der Waals surface area contributed by atoms with Crippen molar-refractivity contribution in [1.82, 2.24) is 9.78 Å². The lowest BCUT2D eigenvalue weighted by Crippen LogP contribution is -2.01. The Morgan fingerprint density at radius 1 is 1.41 bits per heavy atom. The van der Waals surface area contributed by atoms with Crippen molar-refractivity contribution < 1.29 is 9.18 Å². The summed E-state index contributed by atoms with van der Waals surface area (Å²) in [6.07, 6.45) is 0. The van der Waals surface area contributed by atoms with E-state index < -0.39 is 0 Å². The second-order valence-electron chi connectivity index (χ2n) is 3.77. The van der Waals surface area contributed by atoms with E-state index in [2.05, 4.69) is 5.10 Å². The first-order valence-corrected chi connectivity index (χ1v) is 5.47. The number of carbonyl (C=O) groups excluding carboxylic acids is 1. The molecule has 2 rings (SSSR count). The van der Waals surface area contributed by atoms with Crippen LogP contribution < -0.4 is 0 Å². The van der Waals surface area contributed by atoms with Crippen molar-refractivity contribution >= 4 is 5.78 Å². The Balaban J connectivity index is 2.59. The first-order valence-electron chi connectivity index (χ1n) is 5.47. The third-order valence-electron chi connectivity index (χ3n) is 2.59. The van der Waals surface area contributed by atoms with Crippen molar-refractivity contribution in [3.8, 4) is 11.3 Å². The third-order valence-corrected chi connectivity index (χ3v) is 2.59. The molecule has 4 heteroatoms. The number of hydrogen-bond acceptors (Lipinski definition) is 2. The molecule has 0 aliphatic carbocycles. The van der Waals surface area contributed by atoms with Gasteiger partial charge >= 0.3 is 0 Å². The molecule has 0 bridgehead atoms. The van der Waals surface area contributed by atoms with E-state index in [1.165, 1.54) is 13.0 Å². The van der Waals surface area contributed by atoms with Gasteiger partial charge in [-0.3, -0.25) is 9.48 Å². The van der Waals surface area contributed by atoms with Crippen LogP contribution >= 0.6 is 0 Å². The van der Waals surface area contributed by atoms with Crippen LogP contribution in [0, 0.1) is 5.82 Å². The lowest BCUT2D eigenvalue weighted by molar-refractivity contribution is 0.101. The number of hydrogen-bond donors (Lipinski definition) is 0. The summed E-state index contributed by atoms with van der Waals surface area (Å²) in [7, 11) is 0. The maximum atomic E-state index is 13.7. The van der Waals surface area contributed by atoms with Crippen LogP contribution in [0.5, 0.6) is 0 Å². The van der Waals surface area contributed by atoms with Crippen LogP contribution in [0.3, 0.4) is 0 Å². The Kier molecular flexibility index (Phi) is 3.04. The summed E-state index contributed by atoms with van der Waals surface area (Å²) in [6, 6.07) is 8.11. The van der Waals surface area contributed by atoms with Gasteiger partial charge in [-0.2, -0.15) is 5.10 Å². The molecular weight excluding hydrogens is 219 g/mol. The highest BCUT2D eigenvalue weighted by molar-refractivity contribution is 5.93. The molecule has 1 heterocycles. The lowest BCUT2D eigenvalue weighted by atomic mass is 10.1. The number of benzene rings is 1. The van der Waals surface area contributed by atoms with Crippen molar-refractivity contribution in [3.05, 3.63) is 41.8 Å². The fourth-order valence-corrected chi connectivity index (χ4v) is 1.72. The number of carbonyl (C=O) groups is 1. The maximum Gasteiger partial charge on any atom is 0.180 e. The van der Waals surface area contributed by atoms with Gasteiger partial charge in [0, 0.05) is 19.0 Å². The number of nitrogens with zero attached hydrogens (tertiary/aromatic N) is 2. The highest BCUT2D eigenvalue weighted by Crippen LogP contribution is 2.23. The molecule has 0 radical (unpaired) electrons. The molecule has 0 atom stereocenters. The van der Waals surface area contributed by atoms with Crippen LogP contribution in [0.15, 0.2) is 30.3 Å². The minimum atomic E-state index is -0.308. The summed E-state index contributed by atoms with van der Waals surface area (Å²) in [5.41, 5.74) is 1.47. The summed E-state index contributed by atoms with van der Waals surface area (Å²) in [5.74, 6) is -0.424. The Morgan fingerprint density at radius 3 is 2.71 bits per heavy atom. The van der Waals surface area contributed by atoms with Crippen LogP contribution in [0.1, 0.15) is 24.3 Å². The molecule has 1 aromatic heterocycles. The summed E-state index contributed by atoms with van der Waals surface area (Å²) in [4.78, 5) is 11.3. The Labute approximate surface area is 98.9 Å². The van der Waals surface area contributed by atoms with Gasteiger partial charge in [0.25, 0.3) is 0 Å². The Bertz CT molecular complexity index is 560. The first-order chi connectivity index (χ1) is 8.13. The number of aryl methyl sites for hydroxylation is 1. The highest BCUT2D eigenvalue weighted by Gasteiger charge is 2.14. The second kappa shape index (κ2) is 4.49. The van der Waals surface area contributed by atoms with Crippen molar-refractivity contribution in [2.75, 3.05) is 0 Å². The van der Waals surface area contributed by atoms with E-state index in [9.17, 15) is 9.18 Å². The molecule has 2 aromatic rings. The van der Waals surface area contributed by atoms with Gasteiger partial charge in [0.1, 0.15) is 11.5 Å². The van der Waals surface area contributed by atoms with E-state index >= 15 is 0 Å². The fourth-order valence-electron chi connectivity index (χ4n) is 1.72. The topological polar surface area (TPSA) is 34.9 Å². The molecule has 0 unspecified atom stereocenters. The predicted octanol–water partition coefficient (Wildman–Crippen LogP) is 2.91. The van der Waals surface area contributed by atoms with Gasteiger partial charge in [0.05, 0.1) is 5.69 Å². The summed E-state index contributed by atoms with van der Waals surface area (Å²) >= 11 is 0. The first kappa shape index (κ1) is 11.5. The maximum absolute atomic E-state index is 13.7. The van der Waals surface area contributed by atoms with Gasteiger partial charge in [0.15, 0.2) is 5.78 Å². The van der Waals surface area contributed by atoms with Gasteiger partial charge in [0.2, 0.25) is 0 Å². The average Bonchev–Trinajstić information content (AvgIpc) is 2.73. The van der Waals surface area contributed by atoms with Gasteiger partial charge in [-0.15, -0.1) is 0 Å². The summed E-state index contributed by atoms with van der Waals surface area (Å²) in [6.45, 7) is 3.95. The van der Waals surface area contributed by atoms with Crippen molar-refractivity contribution in [1.29, 1.82) is 0 Å². The standard InChI is InChI=1S/C13H13FN2O/c1-3-16-13(8-12(15-16)9(2)17)10-6-4-5-7-11(10)14/h4-8H,3H2,1-2H3. The minimum absolute atomic E-state index is 0.116. The number of halogens is 1. The third kappa shape index (κ3) is 2.11. The normalized spacial score (nSPS) is 10.5. The van der Waals surface area contributed by atoms with E-state index in [0.717, 1.165) is 0 Å². The molecule has 88 valence electrons. The SMILES string of the molecule is CCn1nc(C(C)=O)cc1-c1ccccc1F. The van der Waals surface area contributed by atoms with Crippen molar-refractivity contribution in [3.63, 3.8) is 0 Å². The molecule has 3 nitrogen and oxygen atoms in total. The molecule has 1 aromatic carbocycles.